The predicted molar refractivity (Wildman–Crippen MR) is 75.6 cm³/mol. The standard InChI is InChI=1S/C14H19F3N2OS/c1-3-19(4-2)13(7-5-6-8-13)11(20)10-9-18-12(21-10)14(15,16)17/h9H,3-8H2,1-2H3. The van der Waals surface area contributed by atoms with Gasteiger partial charge in [-0.2, -0.15) is 13.2 Å². The molecular weight excluding hydrogens is 301 g/mol. The van der Waals surface area contributed by atoms with Gasteiger partial charge in [-0.05, 0) is 25.9 Å². The second kappa shape index (κ2) is 6.04. The second-order valence-corrected chi connectivity index (χ2v) is 6.30. The van der Waals surface area contributed by atoms with Gasteiger partial charge in [0.05, 0.1) is 10.4 Å². The number of likely N-dealkylation sites (N-methyl/N-ethyl adjacent to an activating group) is 1. The Bertz CT molecular complexity index is 503. The fraction of sp³-hybridized carbons (Fsp3) is 0.714. The lowest BCUT2D eigenvalue weighted by Gasteiger charge is -2.38. The van der Waals surface area contributed by atoms with Crippen LogP contribution in [-0.2, 0) is 6.18 Å². The van der Waals surface area contributed by atoms with Crippen molar-refractivity contribution in [3.63, 3.8) is 0 Å². The molecular formula is C14H19F3N2OS. The number of carbonyl (C=O) groups excluding carboxylic acids is 1. The van der Waals surface area contributed by atoms with Crippen LogP contribution in [0.4, 0.5) is 13.2 Å². The zero-order valence-electron chi connectivity index (χ0n) is 12.2. The highest BCUT2D eigenvalue weighted by atomic mass is 32.1. The summed E-state index contributed by atoms with van der Waals surface area (Å²) in [6.07, 6.45) is -0.0967. The number of hydrogen-bond acceptors (Lipinski definition) is 4. The Hall–Kier alpha value is -0.950. The van der Waals surface area contributed by atoms with Gasteiger partial charge in [-0.15, -0.1) is 11.3 Å². The lowest BCUT2D eigenvalue weighted by atomic mass is 9.89. The molecule has 1 aromatic rings. The van der Waals surface area contributed by atoms with E-state index in [-0.39, 0.29) is 10.7 Å². The molecule has 1 aliphatic rings. The van der Waals surface area contributed by atoms with Crippen LogP contribution in [0.1, 0.15) is 54.2 Å². The van der Waals surface area contributed by atoms with Crippen LogP contribution in [0.2, 0.25) is 0 Å². The highest BCUT2D eigenvalue weighted by Crippen LogP contribution is 2.40. The van der Waals surface area contributed by atoms with E-state index in [9.17, 15) is 18.0 Å². The van der Waals surface area contributed by atoms with Gasteiger partial charge in [-0.3, -0.25) is 9.69 Å². The molecule has 0 spiro atoms. The SMILES string of the molecule is CCN(CC)C1(C(=O)c2cnc(C(F)(F)F)s2)CCCC1. The summed E-state index contributed by atoms with van der Waals surface area (Å²) in [6.45, 7) is 5.38. The number of ketones is 1. The molecule has 1 aliphatic carbocycles. The molecule has 7 heteroatoms. The Kier molecular flexibility index (Phi) is 4.72. The van der Waals surface area contributed by atoms with E-state index >= 15 is 0 Å². The molecule has 0 radical (unpaired) electrons. The summed E-state index contributed by atoms with van der Waals surface area (Å²) in [5.74, 6) is -0.197. The minimum absolute atomic E-state index is 0.121. The van der Waals surface area contributed by atoms with Crippen LogP contribution < -0.4 is 0 Å². The fourth-order valence-electron chi connectivity index (χ4n) is 3.22. The van der Waals surface area contributed by atoms with Crippen LogP contribution in [0.3, 0.4) is 0 Å². The van der Waals surface area contributed by atoms with Gasteiger partial charge in [-0.1, -0.05) is 26.7 Å². The summed E-state index contributed by atoms with van der Waals surface area (Å²) in [5, 5.41) is -0.946. The Labute approximate surface area is 126 Å². The molecule has 2 rings (SSSR count). The number of aromatic nitrogens is 1. The fourth-order valence-corrected chi connectivity index (χ4v) is 4.03. The molecule has 0 atom stereocenters. The van der Waals surface area contributed by atoms with Crippen LogP contribution in [0.25, 0.3) is 0 Å². The van der Waals surface area contributed by atoms with Crippen LogP contribution in [0.5, 0.6) is 0 Å². The predicted octanol–water partition coefficient (Wildman–Crippen LogP) is 4.00. The summed E-state index contributed by atoms with van der Waals surface area (Å²) in [5.41, 5.74) is -0.640. The molecule has 0 bridgehead atoms. The van der Waals surface area contributed by atoms with Gasteiger partial charge in [0.2, 0.25) is 0 Å². The summed E-state index contributed by atoms with van der Waals surface area (Å²) < 4.78 is 38.0. The molecule has 0 unspecified atom stereocenters. The maximum Gasteiger partial charge on any atom is 0.443 e. The van der Waals surface area contributed by atoms with E-state index in [0.29, 0.717) is 37.3 Å². The molecule has 1 heterocycles. The van der Waals surface area contributed by atoms with E-state index in [1.807, 2.05) is 13.8 Å². The van der Waals surface area contributed by atoms with E-state index in [2.05, 4.69) is 9.88 Å². The highest BCUT2D eigenvalue weighted by molar-refractivity contribution is 7.13. The smallest absolute Gasteiger partial charge is 0.291 e. The van der Waals surface area contributed by atoms with Gasteiger partial charge in [0.1, 0.15) is 0 Å². The lowest BCUT2D eigenvalue weighted by molar-refractivity contribution is -0.137. The van der Waals surface area contributed by atoms with Crippen molar-refractivity contribution in [1.29, 1.82) is 0 Å². The lowest BCUT2D eigenvalue weighted by Crippen LogP contribution is -2.52. The van der Waals surface area contributed by atoms with Crippen molar-refractivity contribution in [3.05, 3.63) is 16.1 Å². The normalized spacial score (nSPS) is 18.4. The van der Waals surface area contributed by atoms with E-state index in [1.165, 1.54) is 0 Å². The average Bonchev–Trinajstić information content (AvgIpc) is 3.08. The molecule has 118 valence electrons. The molecule has 0 saturated heterocycles. The van der Waals surface area contributed by atoms with Gasteiger partial charge in [0, 0.05) is 6.20 Å². The molecule has 21 heavy (non-hydrogen) atoms. The average molecular weight is 320 g/mol. The molecule has 0 aromatic carbocycles. The van der Waals surface area contributed by atoms with Crippen LogP contribution in [0, 0.1) is 0 Å². The van der Waals surface area contributed by atoms with Crippen molar-refractivity contribution in [1.82, 2.24) is 9.88 Å². The third kappa shape index (κ3) is 2.99. The Morgan fingerprint density at radius 2 is 1.90 bits per heavy atom. The quantitative estimate of drug-likeness (QED) is 0.769. The largest absolute Gasteiger partial charge is 0.443 e. The number of hydrogen-bond donors (Lipinski definition) is 0. The van der Waals surface area contributed by atoms with Gasteiger partial charge in [0.15, 0.2) is 10.8 Å². The first-order valence-electron chi connectivity index (χ1n) is 7.18. The van der Waals surface area contributed by atoms with Crippen molar-refractivity contribution in [2.45, 2.75) is 51.2 Å². The number of carbonyl (C=O) groups is 1. The number of Topliss-reactive ketones (excluding diaryl/α,β-unsaturated/α-hetero) is 1. The van der Waals surface area contributed by atoms with Crippen molar-refractivity contribution >= 4 is 17.1 Å². The molecule has 1 aromatic heterocycles. The third-order valence-electron chi connectivity index (χ3n) is 4.19. The molecule has 1 fully saturated rings. The first-order valence-corrected chi connectivity index (χ1v) is 7.99. The monoisotopic (exact) mass is 320 g/mol. The zero-order chi connectivity index (χ0) is 15.7. The number of alkyl halides is 3. The van der Waals surface area contributed by atoms with E-state index < -0.39 is 16.7 Å². The number of rotatable bonds is 5. The Balaban J connectivity index is 2.33. The van der Waals surface area contributed by atoms with E-state index in [4.69, 9.17) is 0 Å². The van der Waals surface area contributed by atoms with Gasteiger partial charge in [0.25, 0.3) is 0 Å². The van der Waals surface area contributed by atoms with Crippen molar-refractivity contribution in [2.75, 3.05) is 13.1 Å². The molecule has 1 saturated carbocycles. The van der Waals surface area contributed by atoms with Crippen molar-refractivity contribution in [2.24, 2.45) is 0 Å². The number of nitrogens with zero attached hydrogens (tertiary/aromatic N) is 2. The number of thiazole rings is 1. The Morgan fingerprint density at radius 3 is 2.33 bits per heavy atom. The van der Waals surface area contributed by atoms with Gasteiger partial charge >= 0.3 is 6.18 Å². The minimum atomic E-state index is -4.48. The van der Waals surface area contributed by atoms with Gasteiger partial charge in [-0.25, -0.2) is 4.98 Å². The minimum Gasteiger partial charge on any atom is -0.291 e. The summed E-state index contributed by atoms with van der Waals surface area (Å²) in [7, 11) is 0. The topological polar surface area (TPSA) is 33.2 Å². The van der Waals surface area contributed by atoms with E-state index in [0.717, 1.165) is 19.0 Å². The highest BCUT2D eigenvalue weighted by Gasteiger charge is 2.46. The zero-order valence-corrected chi connectivity index (χ0v) is 13.0. The summed E-state index contributed by atoms with van der Waals surface area (Å²) in [6, 6.07) is 0. The maximum atomic E-state index is 12.8. The van der Waals surface area contributed by atoms with Gasteiger partial charge < -0.3 is 0 Å². The van der Waals surface area contributed by atoms with Crippen molar-refractivity contribution in [3.8, 4) is 0 Å². The van der Waals surface area contributed by atoms with Crippen LogP contribution >= 0.6 is 11.3 Å². The summed E-state index contributed by atoms with van der Waals surface area (Å²) in [4.78, 5) is 18.4. The number of halogens is 3. The third-order valence-corrected chi connectivity index (χ3v) is 5.24. The maximum absolute atomic E-state index is 12.8. The first-order chi connectivity index (χ1) is 9.85. The molecule has 0 N–H and O–H groups in total. The van der Waals surface area contributed by atoms with Crippen LogP contribution in [-0.4, -0.2) is 34.3 Å². The van der Waals surface area contributed by atoms with E-state index in [1.54, 1.807) is 0 Å². The molecule has 3 nitrogen and oxygen atoms in total. The first kappa shape index (κ1) is 16.4. The molecule has 0 aliphatic heterocycles. The second-order valence-electron chi connectivity index (χ2n) is 5.27. The Morgan fingerprint density at radius 1 is 1.33 bits per heavy atom. The molecule has 0 amide bonds. The summed E-state index contributed by atoms with van der Waals surface area (Å²) >= 11 is 0.459. The van der Waals surface area contributed by atoms with Crippen LogP contribution in [0.15, 0.2) is 6.20 Å². The van der Waals surface area contributed by atoms with Crippen molar-refractivity contribution < 1.29 is 18.0 Å².